The highest BCUT2D eigenvalue weighted by molar-refractivity contribution is 6.01. The minimum Gasteiger partial charge on any atom is -0.332 e. The first kappa shape index (κ1) is 15.2. The highest BCUT2D eigenvalue weighted by Crippen LogP contribution is 2.11. The minimum atomic E-state index is -0.620. The molecule has 5 nitrogen and oxygen atoms in total. The maximum absolute atomic E-state index is 13.5. The first-order valence-electron chi connectivity index (χ1n) is 6.86. The van der Waals surface area contributed by atoms with E-state index in [9.17, 15) is 18.8 Å². The lowest BCUT2D eigenvalue weighted by molar-refractivity contribution is -0.149. The normalized spacial score (nSPS) is 15.5. The molecule has 1 aliphatic rings. The van der Waals surface area contributed by atoms with Crippen LogP contribution in [0, 0.1) is 5.82 Å². The Hall–Kier alpha value is -2.24. The van der Waals surface area contributed by atoms with E-state index in [-0.39, 0.29) is 37.0 Å². The van der Waals surface area contributed by atoms with Gasteiger partial charge in [0.1, 0.15) is 12.4 Å². The Morgan fingerprint density at radius 3 is 2.43 bits per heavy atom. The minimum absolute atomic E-state index is 0.0166. The highest BCUT2D eigenvalue weighted by atomic mass is 19.1. The van der Waals surface area contributed by atoms with Crippen LogP contribution < -0.4 is 0 Å². The fraction of sp³-hybridized carbons (Fsp3) is 0.400. The second-order valence-corrected chi connectivity index (χ2v) is 4.97. The zero-order valence-corrected chi connectivity index (χ0v) is 11.8. The maximum atomic E-state index is 13.5. The number of carbonyl (C=O) groups is 3. The molecule has 0 atom stereocenters. The van der Waals surface area contributed by atoms with Gasteiger partial charge in [-0.3, -0.25) is 14.4 Å². The monoisotopic (exact) mass is 292 g/mol. The molecule has 1 saturated heterocycles. The van der Waals surface area contributed by atoms with Crippen LogP contribution in [0.3, 0.4) is 0 Å². The summed E-state index contributed by atoms with van der Waals surface area (Å²) in [4.78, 5) is 38.5. The molecule has 0 N–H and O–H groups in total. The summed E-state index contributed by atoms with van der Waals surface area (Å²) >= 11 is 0. The Labute approximate surface area is 122 Å². The highest BCUT2D eigenvalue weighted by Gasteiger charge is 2.30. The van der Waals surface area contributed by atoms with Crippen LogP contribution in [-0.2, 0) is 9.59 Å². The number of hydrogen-bond acceptors (Lipinski definition) is 3. The van der Waals surface area contributed by atoms with Crippen LogP contribution in [0.1, 0.15) is 23.7 Å². The zero-order valence-electron chi connectivity index (χ0n) is 11.8. The standard InChI is InChI=1S/C15H17FN2O3/c1-2-7-17-9-15(21)18(10-14(17)20)8-13(19)11-5-3-4-6-12(11)16/h3-6H,2,7-10H2,1H3. The molecule has 0 aliphatic carbocycles. The molecule has 112 valence electrons. The van der Waals surface area contributed by atoms with Gasteiger partial charge in [-0.25, -0.2) is 4.39 Å². The van der Waals surface area contributed by atoms with E-state index in [4.69, 9.17) is 0 Å². The third kappa shape index (κ3) is 3.45. The van der Waals surface area contributed by atoms with Gasteiger partial charge < -0.3 is 9.80 Å². The zero-order chi connectivity index (χ0) is 15.4. The summed E-state index contributed by atoms with van der Waals surface area (Å²) in [6.07, 6.45) is 0.771. The number of ketones is 1. The van der Waals surface area contributed by atoms with Gasteiger partial charge >= 0.3 is 0 Å². The Kier molecular flexibility index (Phi) is 4.67. The van der Waals surface area contributed by atoms with Crippen LogP contribution in [-0.4, -0.2) is 53.6 Å². The van der Waals surface area contributed by atoms with Gasteiger partial charge in [-0.2, -0.15) is 0 Å². The number of nitrogens with zero attached hydrogens (tertiary/aromatic N) is 2. The van der Waals surface area contributed by atoms with Crippen LogP contribution >= 0.6 is 0 Å². The van der Waals surface area contributed by atoms with Crippen molar-refractivity contribution in [2.24, 2.45) is 0 Å². The van der Waals surface area contributed by atoms with Crippen molar-refractivity contribution < 1.29 is 18.8 Å². The number of halogens is 1. The lowest BCUT2D eigenvalue weighted by Gasteiger charge is -2.33. The fourth-order valence-electron chi connectivity index (χ4n) is 2.27. The van der Waals surface area contributed by atoms with Crippen LogP contribution in [0.4, 0.5) is 4.39 Å². The molecule has 2 rings (SSSR count). The van der Waals surface area contributed by atoms with Crippen LogP contribution in [0.15, 0.2) is 24.3 Å². The molecular weight excluding hydrogens is 275 g/mol. The van der Waals surface area contributed by atoms with E-state index >= 15 is 0 Å². The topological polar surface area (TPSA) is 57.7 Å². The Morgan fingerprint density at radius 1 is 1.14 bits per heavy atom. The number of benzene rings is 1. The second-order valence-electron chi connectivity index (χ2n) is 4.97. The number of Topliss-reactive ketones (excluding diaryl/α,β-unsaturated/α-hetero) is 1. The number of amides is 2. The molecule has 1 fully saturated rings. The Balaban J connectivity index is 2.04. The summed E-state index contributed by atoms with van der Waals surface area (Å²) in [6, 6.07) is 5.61. The van der Waals surface area contributed by atoms with E-state index in [0.29, 0.717) is 6.54 Å². The van der Waals surface area contributed by atoms with Gasteiger partial charge in [-0.05, 0) is 18.6 Å². The average Bonchev–Trinajstić information content (AvgIpc) is 2.45. The number of carbonyl (C=O) groups excluding carboxylic acids is 3. The molecule has 0 radical (unpaired) electrons. The van der Waals surface area contributed by atoms with E-state index in [0.717, 1.165) is 6.42 Å². The summed E-state index contributed by atoms with van der Waals surface area (Å²) < 4.78 is 13.5. The number of rotatable bonds is 5. The number of hydrogen-bond donors (Lipinski definition) is 0. The van der Waals surface area contributed by atoms with Gasteiger partial charge in [0.05, 0.1) is 18.7 Å². The van der Waals surface area contributed by atoms with E-state index in [2.05, 4.69) is 0 Å². The molecule has 1 aromatic carbocycles. The van der Waals surface area contributed by atoms with Crippen molar-refractivity contribution in [3.05, 3.63) is 35.6 Å². The van der Waals surface area contributed by atoms with Crippen molar-refractivity contribution in [1.29, 1.82) is 0 Å². The summed E-state index contributed by atoms with van der Waals surface area (Å²) in [6.45, 7) is 2.03. The SMILES string of the molecule is CCCN1CC(=O)N(CC(=O)c2ccccc2F)CC1=O. The molecular formula is C15H17FN2O3. The first-order chi connectivity index (χ1) is 10.0. The van der Waals surface area contributed by atoms with E-state index < -0.39 is 11.6 Å². The molecule has 1 aromatic rings. The fourth-order valence-corrected chi connectivity index (χ4v) is 2.27. The smallest absolute Gasteiger partial charge is 0.243 e. The molecule has 21 heavy (non-hydrogen) atoms. The van der Waals surface area contributed by atoms with Gasteiger partial charge in [0.25, 0.3) is 0 Å². The molecule has 0 saturated carbocycles. The maximum Gasteiger partial charge on any atom is 0.243 e. The Bertz CT molecular complexity index is 574. The largest absolute Gasteiger partial charge is 0.332 e. The average molecular weight is 292 g/mol. The second kappa shape index (κ2) is 6.47. The van der Waals surface area contributed by atoms with Crippen molar-refractivity contribution in [3.63, 3.8) is 0 Å². The van der Waals surface area contributed by atoms with Crippen molar-refractivity contribution >= 4 is 17.6 Å². The van der Waals surface area contributed by atoms with Crippen LogP contribution in [0.5, 0.6) is 0 Å². The lowest BCUT2D eigenvalue weighted by atomic mass is 10.1. The predicted molar refractivity (Wildman–Crippen MR) is 74.2 cm³/mol. The summed E-state index contributed by atoms with van der Waals surface area (Å²) in [7, 11) is 0. The lowest BCUT2D eigenvalue weighted by Crippen LogP contribution is -2.55. The molecule has 1 heterocycles. The van der Waals surface area contributed by atoms with E-state index in [1.807, 2.05) is 6.92 Å². The molecule has 0 aromatic heterocycles. The van der Waals surface area contributed by atoms with Gasteiger partial charge in [-0.1, -0.05) is 19.1 Å². The molecule has 1 aliphatic heterocycles. The van der Waals surface area contributed by atoms with Gasteiger partial charge in [-0.15, -0.1) is 0 Å². The van der Waals surface area contributed by atoms with Crippen LogP contribution in [0.2, 0.25) is 0 Å². The summed E-state index contributed by atoms with van der Waals surface area (Å²) in [5.41, 5.74) is -0.0614. The van der Waals surface area contributed by atoms with Crippen LogP contribution in [0.25, 0.3) is 0 Å². The van der Waals surface area contributed by atoms with E-state index in [1.54, 1.807) is 6.07 Å². The summed E-state index contributed by atoms with van der Waals surface area (Å²) in [5, 5.41) is 0. The molecule has 0 spiro atoms. The first-order valence-corrected chi connectivity index (χ1v) is 6.86. The number of piperazine rings is 1. The molecule has 0 bridgehead atoms. The van der Waals surface area contributed by atoms with Crippen molar-refractivity contribution in [1.82, 2.24) is 9.80 Å². The van der Waals surface area contributed by atoms with Gasteiger partial charge in [0.15, 0.2) is 5.78 Å². The predicted octanol–water partition coefficient (Wildman–Crippen LogP) is 1.09. The third-order valence-corrected chi connectivity index (χ3v) is 3.36. The third-order valence-electron chi connectivity index (χ3n) is 3.36. The molecule has 6 heteroatoms. The summed E-state index contributed by atoms with van der Waals surface area (Å²) in [5.74, 6) is -1.59. The molecule has 2 amide bonds. The van der Waals surface area contributed by atoms with Crippen molar-refractivity contribution in [3.8, 4) is 0 Å². The quantitative estimate of drug-likeness (QED) is 0.763. The van der Waals surface area contributed by atoms with Crippen molar-refractivity contribution in [2.75, 3.05) is 26.2 Å². The Morgan fingerprint density at radius 2 is 1.76 bits per heavy atom. The molecule has 0 unspecified atom stereocenters. The van der Waals surface area contributed by atoms with Gasteiger partial charge in [0.2, 0.25) is 11.8 Å². The van der Waals surface area contributed by atoms with Crippen molar-refractivity contribution in [2.45, 2.75) is 13.3 Å². The van der Waals surface area contributed by atoms with E-state index in [1.165, 1.54) is 28.0 Å². The van der Waals surface area contributed by atoms with Gasteiger partial charge in [0, 0.05) is 6.54 Å².